The molecular formula is C16H20ClN3O2. The summed E-state index contributed by atoms with van der Waals surface area (Å²) >= 11 is 5.98. The first-order chi connectivity index (χ1) is 10.4. The standard InChI is InChI=1S/C16H20ClN3O2/c1-9-12(4-6-14(15(9)18)20(2)19)16(22)10-3-5-13(17)11(7-10)8-21/h3-7,16,21-22H,8,18-19H2,1-2H3. The average Bonchev–Trinajstić information content (AvgIpc) is 2.49. The van der Waals surface area contributed by atoms with Crippen molar-refractivity contribution >= 4 is 23.0 Å². The third-order valence-corrected chi connectivity index (χ3v) is 4.13. The van der Waals surface area contributed by atoms with Crippen molar-refractivity contribution in [3.05, 3.63) is 57.6 Å². The molecule has 2 rings (SSSR count). The van der Waals surface area contributed by atoms with E-state index in [9.17, 15) is 10.2 Å². The highest BCUT2D eigenvalue weighted by atomic mass is 35.5. The quantitative estimate of drug-likeness (QED) is 0.393. The lowest BCUT2D eigenvalue weighted by molar-refractivity contribution is 0.219. The first-order valence-corrected chi connectivity index (χ1v) is 7.19. The van der Waals surface area contributed by atoms with Gasteiger partial charge in [-0.15, -0.1) is 0 Å². The number of nitrogens with two attached hydrogens (primary N) is 2. The average molecular weight is 322 g/mol. The largest absolute Gasteiger partial charge is 0.397 e. The molecule has 0 aliphatic rings. The lowest BCUT2D eigenvalue weighted by Crippen LogP contribution is -2.26. The second-order valence-corrected chi connectivity index (χ2v) is 5.64. The van der Waals surface area contributed by atoms with Crippen LogP contribution < -0.4 is 16.6 Å². The smallest absolute Gasteiger partial charge is 0.104 e. The molecule has 22 heavy (non-hydrogen) atoms. The molecule has 0 radical (unpaired) electrons. The van der Waals surface area contributed by atoms with Crippen LogP contribution in [0.3, 0.4) is 0 Å². The first-order valence-electron chi connectivity index (χ1n) is 6.81. The molecule has 0 bridgehead atoms. The molecule has 0 heterocycles. The molecule has 0 aliphatic heterocycles. The Labute approximate surface area is 134 Å². The van der Waals surface area contributed by atoms with Gasteiger partial charge in [-0.25, -0.2) is 5.84 Å². The molecule has 118 valence electrons. The van der Waals surface area contributed by atoms with Gasteiger partial charge in [0.25, 0.3) is 0 Å². The van der Waals surface area contributed by atoms with E-state index in [1.807, 2.05) is 6.92 Å². The molecule has 6 heteroatoms. The molecule has 0 fully saturated rings. The summed E-state index contributed by atoms with van der Waals surface area (Å²) in [6.07, 6.45) is -0.859. The normalized spacial score (nSPS) is 12.3. The van der Waals surface area contributed by atoms with E-state index >= 15 is 0 Å². The van der Waals surface area contributed by atoms with Crippen LogP contribution in [0.1, 0.15) is 28.4 Å². The molecule has 5 nitrogen and oxygen atoms in total. The van der Waals surface area contributed by atoms with Gasteiger partial charge in [0.1, 0.15) is 6.10 Å². The molecule has 0 amide bonds. The van der Waals surface area contributed by atoms with Gasteiger partial charge in [0.05, 0.1) is 18.0 Å². The maximum absolute atomic E-state index is 10.6. The van der Waals surface area contributed by atoms with E-state index in [1.165, 1.54) is 5.01 Å². The minimum atomic E-state index is -0.859. The van der Waals surface area contributed by atoms with Crippen LogP contribution in [0.15, 0.2) is 30.3 Å². The first kappa shape index (κ1) is 16.6. The van der Waals surface area contributed by atoms with Crippen LogP contribution in [0.4, 0.5) is 11.4 Å². The Kier molecular flexibility index (Phi) is 4.93. The van der Waals surface area contributed by atoms with Gasteiger partial charge in [0, 0.05) is 12.1 Å². The summed E-state index contributed by atoms with van der Waals surface area (Å²) in [5, 5.41) is 21.8. The molecule has 0 saturated carbocycles. The minimum Gasteiger partial charge on any atom is -0.397 e. The van der Waals surface area contributed by atoms with E-state index in [4.69, 9.17) is 23.2 Å². The number of halogens is 1. The molecule has 0 aliphatic carbocycles. The number of aliphatic hydroxyl groups is 2. The molecular weight excluding hydrogens is 302 g/mol. The van der Waals surface area contributed by atoms with Crippen LogP contribution in [-0.2, 0) is 6.61 Å². The summed E-state index contributed by atoms with van der Waals surface area (Å²) in [6.45, 7) is 1.65. The van der Waals surface area contributed by atoms with Crippen molar-refractivity contribution in [3.8, 4) is 0 Å². The maximum atomic E-state index is 10.6. The fourth-order valence-corrected chi connectivity index (χ4v) is 2.58. The number of nitrogen functional groups attached to an aromatic ring is 1. The maximum Gasteiger partial charge on any atom is 0.104 e. The van der Waals surface area contributed by atoms with Crippen molar-refractivity contribution in [1.29, 1.82) is 0 Å². The Hall–Kier alpha value is -1.79. The van der Waals surface area contributed by atoms with E-state index in [0.717, 1.165) is 5.56 Å². The van der Waals surface area contributed by atoms with Crippen molar-refractivity contribution in [2.75, 3.05) is 17.8 Å². The van der Waals surface area contributed by atoms with Gasteiger partial charge >= 0.3 is 0 Å². The number of anilines is 2. The number of hydrogen-bond donors (Lipinski definition) is 4. The number of nitrogens with zero attached hydrogens (tertiary/aromatic N) is 1. The highest BCUT2D eigenvalue weighted by Crippen LogP contribution is 2.33. The summed E-state index contributed by atoms with van der Waals surface area (Å²) in [5.74, 6) is 5.72. The van der Waals surface area contributed by atoms with Gasteiger partial charge in [-0.2, -0.15) is 0 Å². The fourth-order valence-electron chi connectivity index (χ4n) is 2.40. The van der Waals surface area contributed by atoms with Crippen LogP contribution in [0.25, 0.3) is 0 Å². The zero-order valence-electron chi connectivity index (χ0n) is 12.5. The van der Waals surface area contributed by atoms with Gasteiger partial charge in [-0.1, -0.05) is 23.7 Å². The fraction of sp³-hybridized carbons (Fsp3) is 0.250. The highest BCUT2D eigenvalue weighted by Gasteiger charge is 2.17. The topological polar surface area (TPSA) is 95.7 Å². The van der Waals surface area contributed by atoms with Gasteiger partial charge in [-0.3, -0.25) is 0 Å². The summed E-state index contributed by atoms with van der Waals surface area (Å²) in [7, 11) is 1.70. The predicted octanol–water partition coefficient (Wildman–Crippen LogP) is 2.11. The lowest BCUT2D eigenvalue weighted by atomic mass is 9.95. The van der Waals surface area contributed by atoms with E-state index in [1.54, 1.807) is 37.4 Å². The number of aliphatic hydroxyl groups excluding tert-OH is 2. The SMILES string of the molecule is Cc1c(C(O)c2ccc(Cl)c(CO)c2)ccc(N(C)N)c1N. The Morgan fingerprint density at radius 3 is 2.55 bits per heavy atom. The second-order valence-electron chi connectivity index (χ2n) is 5.23. The summed E-state index contributed by atoms with van der Waals surface area (Å²) in [5.41, 5.74) is 9.98. The van der Waals surface area contributed by atoms with Crippen LogP contribution in [0, 0.1) is 6.92 Å². The van der Waals surface area contributed by atoms with E-state index < -0.39 is 6.10 Å². The Morgan fingerprint density at radius 1 is 1.27 bits per heavy atom. The molecule has 0 aromatic heterocycles. The van der Waals surface area contributed by atoms with Crippen LogP contribution >= 0.6 is 11.6 Å². The molecule has 1 unspecified atom stereocenters. The number of benzene rings is 2. The third-order valence-electron chi connectivity index (χ3n) is 3.76. The minimum absolute atomic E-state index is 0.183. The Bertz CT molecular complexity index is 689. The van der Waals surface area contributed by atoms with Gasteiger partial charge < -0.3 is 21.0 Å². The van der Waals surface area contributed by atoms with Crippen LogP contribution in [0.2, 0.25) is 5.02 Å². The van der Waals surface area contributed by atoms with E-state index in [-0.39, 0.29) is 6.61 Å². The Morgan fingerprint density at radius 2 is 1.95 bits per heavy atom. The lowest BCUT2D eigenvalue weighted by Gasteiger charge is -2.21. The molecule has 0 spiro atoms. The Balaban J connectivity index is 2.46. The molecule has 1 atom stereocenters. The van der Waals surface area contributed by atoms with Crippen LogP contribution in [0.5, 0.6) is 0 Å². The van der Waals surface area contributed by atoms with Crippen molar-refractivity contribution in [2.24, 2.45) is 5.84 Å². The van der Waals surface area contributed by atoms with E-state index in [2.05, 4.69) is 0 Å². The third kappa shape index (κ3) is 3.03. The monoisotopic (exact) mass is 321 g/mol. The molecule has 0 saturated heterocycles. The molecule has 2 aromatic carbocycles. The van der Waals surface area contributed by atoms with E-state index in [0.29, 0.717) is 33.1 Å². The number of rotatable bonds is 4. The number of hydrazine groups is 1. The zero-order valence-corrected chi connectivity index (χ0v) is 13.3. The van der Waals surface area contributed by atoms with Gasteiger partial charge in [-0.05, 0) is 47.4 Å². The van der Waals surface area contributed by atoms with Crippen molar-refractivity contribution in [2.45, 2.75) is 19.6 Å². The molecule has 6 N–H and O–H groups in total. The second kappa shape index (κ2) is 6.54. The van der Waals surface area contributed by atoms with Crippen molar-refractivity contribution in [1.82, 2.24) is 0 Å². The zero-order chi connectivity index (χ0) is 16.4. The van der Waals surface area contributed by atoms with Crippen molar-refractivity contribution < 1.29 is 10.2 Å². The van der Waals surface area contributed by atoms with Crippen LogP contribution in [-0.4, -0.2) is 17.3 Å². The van der Waals surface area contributed by atoms with Crippen molar-refractivity contribution in [3.63, 3.8) is 0 Å². The summed E-state index contributed by atoms with van der Waals surface area (Å²) < 4.78 is 0. The van der Waals surface area contributed by atoms with Gasteiger partial charge in [0.2, 0.25) is 0 Å². The number of hydrogen-bond acceptors (Lipinski definition) is 5. The predicted molar refractivity (Wildman–Crippen MR) is 89.6 cm³/mol. The molecule has 2 aromatic rings. The summed E-state index contributed by atoms with van der Waals surface area (Å²) in [4.78, 5) is 0. The van der Waals surface area contributed by atoms with Gasteiger partial charge in [0.15, 0.2) is 0 Å². The summed E-state index contributed by atoms with van der Waals surface area (Å²) in [6, 6.07) is 8.63. The highest BCUT2D eigenvalue weighted by molar-refractivity contribution is 6.31.